The van der Waals surface area contributed by atoms with Crippen molar-refractivity contribution in [2.45, 2.75) is 26.9 Å². The first-order valence-electron chi connectivity index (χ1n) is 7.29. The van der Waals surface area contributed by atoms with E-state index >= 15 is 0 Å². The second-order valence-electron chi connectivity index (χ2n) is 5.48. The number of rotatable bonds is 5. The zero-order chi connectivity index (χ0) is 17.0. The van der Waals surface area contributed by atoms with Crippen LogP contribution < -0.4 is 4.74 Å². The van der Waals surface area contributed by atoms with Gasteiger partial charge in [0.2, 0.25) is 0 Å². The fraction of sp³-hybridized carbons (Fsp3) is 0.278. The topological polar surface area (TPSA) is 69.7 Å². The number of hydrogen-bond donors (Lipinski definition) is 0. The molecule has 5 heteroatoms. The minimum Gasteiger partial charge on any atom is -0.491 e. The first kappa shape index (κ1) is 16.7. The molecule has 0 spiro atoms. The van der Waals surface area contributed by atoms with Crippen molar-refractivity contribution in [1.29, 1.82) is 0 Å². The zero-order valence-corrected chi connectivity index (χ0v) is 13.2. The van der Waals surface area contributed by atoms with E-state index in [4.69, 9.17) is 9.47 Å². The first-order chi connectivity index (χ1) is 10.9. The Kier molecular flexibility index (Phi) is 5.11. The van der Waals surface area contributed by atoms with Gasteiger partial charge in [-0.1, -0.05) is 18.2 Å². The van der Waals surface area contributed by atoms with Gasteiger partial charge in [0.05, 0.1) is 6.10 Å². The fourth-order valence-electron chi connectivity index (χ4n) is 2.11. The highest BCUT2D eigenvalue weighted by Gasteiger charge is 2.36. The predicted molar refractivity (Wildman–Crippen MR) is 84.6 cm³/mol. The number of ether oxygens (including phenoxy) is 2. The first-order valence-corrected chi connectivity index (χ1v) is 7.29. The molecule has 23 heavy (non-hydrogen) atoms. The average molecular weight is 314 g/mol. The van der Waals surface area contributed by atoms with Crippen molar-refractivity contribution in [1.82, 2.24) is 0 Å². The Morgan fingerprint density at radius 3 is 2.43 bits per heavy atom. The molecular formula is C18H18O5. The third kappa shape index (κ3) is 4.39. The summed E-state index contributed by atoms with van der Waals surface area (Å²) in [6, 6.07) is 7.14. The van der Waals surface area contributed by atoms with E-state index in [-0.39, 0.29) is 11.9 Å². The van der Waals surface area contributed by atoms with Crippen LogP contribution in [-0.4, -0.2) is 23.6 Å². The molecule has 1 aliphatic rings. The van der Waals surface area contributed by atoms with Gasteiger partial charge < -0.3 is 9.47 Å². The predicted octanol–water partition coefficient (Wildman–Crippen LogP) is 2.70. The second kappa shape index (κ2) is 7.05. The molecule has 1 unspecified atom stereocenters. The van der Waals surface area contributed by atoms with E-state index in [2.05, 4.69) is 0 Å². The van der Waals surface area contributed by atoms with Crippen molar-refractivity contribution in [2.24, 2.45) is 5.92 Å². The summed E-state index contributed by atoms with van der Waals surface area (Å²) in [5.41, 5.74) is 0.762. The van der Waals surface area contributed by atoms with Crippen LogP contribution >= 0.6 is 0 Å². The number of ketones is 2. The SMILES string of the molecule is CC1=CC(=O)C(C(=O)C=Cc2ccc(OC(C)C)cc2)C(=O)O1. The van der Waals surface area contributed by atoms with E-state index in [9.17, 15) is 14.4 Å². The molecule has 0 bridgehead atoms. The molecular weight excluding hydrogens is 296 g/mol. The highest BCUT2D eigenvalue weighted by Crippen LogP contribution is 2.18. The number of esters is 1. The number of cyclic esters (lactones) is 1. The summed E-state index contributed by atoms with van der Waals surface area (Å²) in [5.74, 6) is -2.44. The summed E-state index contributed by atoms with van der Waals surface area (Å²) in [5, 5.41) is 0. The monoisotopic (exact) mass is 314 g/mol. The summed E-state index contributed by atoms with van der Waals surface area (Å²) in [6.07, 6.45) is 4.01. The molecule has 1 aromatic rings. The quantitative estimate of drug-likeness (QED) is 0.475. The van der Waals surface area contributed by atoms with E-state index in [0.29, 0.717) is 0 Å². The molecule has 1 heterocycles. The Morgan fingerprint density at radius 1 is 1.22 bits per heavy atom. The lowest BCUT2D eigenvalue weighted by Gasteiger charge is -2.15. The van der Waals surface area contributed by atoms with Gasteiger partial charge in [0.1, 0.15) is 11.5 Å². The Hall–Kier alpha value is -2.69. The third-order valence-electron chi connectivity index (χ3n) is 3.10. The Balaban J connectivity index is 2.06. The molecule has 120 valence electrons. The van der Waals surface area contributed by atoms with Gasteiger partial charge in [0.25, 0.3) is 0 Å². The van der Waals surface area contributed by atoms with Crippen LogP contribution in [0.4, 0.5) is 0 Å². The summed E-state index contributed by atoms with van der Waals surface area (Å²) < 4.78 is 10.3. The van der Waals surface area contributed by atoms with Crippen molar-refractivity contribution in [3.63, 3.8) is 0 Å². The lowest BCUT2D eigenvalue weighted by Crippen LogP contribution is -2.34. The fourth-order valence-corrected chi connectivity index (χ4v) is 2.11. The summed E-state index contributed by atoms with van der Waals surface area (Å²) in [6.45, 7) is 5.36. The molecule has 1 atom stereocenters. The van der Waals surface area contributed by atoms with Crippen LogP contribution in [-0.2, 0) is 19.1 Å². The van der Waals surface area contributed by atoms with Crippen LogP contribution in [0, 0.1) is 5.92 Å². The maximum absolute atomic E-state index is 12.0. The zero-order valence-electron chi connectivity index (χ0n) is 13.2. The van der Waals surface area contributed by atoms with Crippen LogP contribution in [0.2, 0.25) is 0 Å². The van der Waals surface area contributed by atoms with Gasteiger partial charge in [0, 0.05) is 6.08 Å². The summed E-state index contributed by atoms with van der Waals surface area (Å²) in [7, 11) is 0. The highest BCUT2D eigenvalue weighted by molar-refractivity contribution is 6.25. The lowest BCUT2D eigenvalue weighted by molar-refractivity contribution is -0.151. The minimum atomic E-state index is -1.40. The van der Waals surface area contributed by atoms with Crippen molar-refractivity contribution >= 4 is 23.6 Å². The maximum Gasteiger partial charge on any atom is 0.329 e. The normalized spacial score (nSPS) is 18.1. The average Bonchev–Trinajstić information content (AvgIpc) is 2.45. The molecule has 0 N–H and O–H groups in total. The van der Waals surface area contributed by atoms with Crippen LogP contribution in [0.5, 0.6) is 5.75 Å². The molecule has 0 amide bonds. The molecule has 0 saturated carbocycles. The molecule has 0 radical (unpaired) electrons. The molecule has 1 aromatic carbocycles. The standard InChI is InChI=1S/C18H18O5/c1-11(2)22-14-7-4-13(5-8-14)6-9-15(19)17-16(20)10-12(3)23-18(17)21/h4-11,17H,1-3H3. The molecule has 5 nitrogen and oxygen atoms in total. The van der Waals surface area contributed by atoms with Gasteiger partial charge in [-0.25, -0.2) is 0 Å². The maximum atomic E-state index is 12.0. The number of benzene rings is 1. The van der Waals surface area contributed by atoms with Gasteiger partial charge >= 0.3 is 5.97 Å². The van der Waals surface area contributed by atoms with Gasteiger partial charge in [-0.2, -0.15) is 0 Å². The van der Waals surface area contributed by atoms with E-state index < -0.39 is 23.5 Å². The van der Waals surface area contributed by atoms with Crippen LogP contribution in [0.15, 0.2) is 42.2 Å². The van der Waals surface area contributed by atoms with E-state index in [1.807, 2.05) is 13.8 Å². The van der Waals surface area contributed by atoms with Gasteiger partial charge in [0.15, 0.2) is 17.5 Å². The van der Waals surface area contributed by atoms with Crippen LogP contribution in [0.3, 0.4) is 0 Å². The molecule has 0 aromatic heterocycles. The van der Waals surface area contributed by atoms with E-state index in [1.165, 1.54) is 13.0 Å². The Labute approximate surface area is 134 Å². The lowest BCUT2D eigenvalue weighted by atomic mass is 9.96. The molecule has 1 aliphatic heterocycles. The summed E-state index contributed by atoms with van der Waals surface area (Å²) in [4.78, 5) is 35.5. The van der Waals surface area contributed by atoms with Crippen molar-refractivity contribution in [3.8, 4) is 5.75 Å². The third-order valence-corrected chi connectivity index (χ3v) is 3.10. The van der Waals surface area contributed by atoms with Crippen molar-refractivity contribution < 1.29 is 23.9 Å². The van der Waals surface area contributed by atoms with Gasteiger partial charge in [-0.05, 0) is 44.5 Å². The highest BCUT2D eigenvalue weighted by atomic mass is 16.5. The van der Waals surface area contributed by atoms with Crippen molar-refractivity contribution in [2.75, 3.05) is 0 Å². The number of hydrogen-bond acceptors (Lipinski definition) is 5. The second-order valence-corrected chi connectivity index (χ2v) is 5.48. The number of carbonyl (C=O) groups is 3. The molecule has 0 aliphatic carbocycles. The van der Waals surface area contributed by atoms with E-state index in [1.54, 1.807) is 30.3 Å². The molecule has 2 rings (SSSR count). The largest absolute Gasteiger partial charge is 0.491 e. The Bertz CT molecular complexity index is 680. The Morgan fingerprint density at radius 2 is 1.87 bits per heavy atom. The molecule has 0 fully saturated rings. The van der Waals surface area contributed by atoms with E-state index in [0.717, 1.165) is 17.4 Å². The van der Waals surface area contributed by atoms with Crippen LogP contribution in [0.25, 0.3) is 6.08 Å². The smallest absolute Gasteiger partial charge is 0.329 e. The minimum absolute atomic E-state index is 0.0813. The number of allylic oxidation sites excluding steroid dienone is 3. The van der Waals surface area contributed by atoms with Crippen LogP contribution in [0.1, 0.15) is 26.3 Å². The van der Waals surface area contributed by atoms with Gasteiger partial charge in [-0.15, -0.1) is 0 Å². The number of carbonyl (C=O) groups excluding carboxylic acids is 3. The van der Waals surface area contributed by atoms with Crippen molar-refractivity contribution in [3.05, 3.63) is 47.7 Å². The van der Waals surface area contributed by atoms with Gasteiger partial charge in [-0.3, -0.25) is 14.4 Å². The molecule has 0 saturated heterocycles. The summed E-state index contributed by atoms with van der Waals surface area (Å²) >= 11 is 0.